The van der Waals surface area contributed by atoms with Gasteiger partial charge in [-0.3, -0.25) is 4.79 Å². The smallest absolute Gasteiger partial charge is 0.255 e. The highest BCUT2D eigenvalue weighted by Crippen LogP contribution is 2.21. The van der Waals surface area contributed by atoms with E-state index in [0.717, 1.165) is 12.1 Å². The number of amides is 1. The minimum absolute atomic E-state index is 0.0472. The van der Waals surface area contributed by atoms with Crippen LogP contribution in [-0.4, -0.2) is 11.7 Å². The third-order valence-electron chi connectivity index (χ3n) is 2.13. The summed E-state index contributed by atoms with van der Waals surface area (Å²) in [5.74, 6) is -3.21. The number of carbonyl (C=O) groups is 1. The molecule has 1 heterocycles. The zero-order valence-electron chi connectivity index (χ0n) is 7.50. The van der Waals surface area contributed by atoms with E-state index in [1.54, 1.807) is 0 Å². The van der Waals surface area contributed by atoms with Crippen LogP contribution in [0.15, 0.2) is 23.3 Å². The number of hydrogen-bond acceptors (Lipinski definition) is 3. The number of nitrogens with zero attached hydrogens (tertiary/aromatic N) is 1. The van der Waals surface area contributed by atoms with Crippen molar-refractivity contribution in [3.63, 3.8) is 0 Å². The largest absolute Gasteiger partial charge is 0.385 e. The average Bonchev–Trinajstić information content (AvgIpc) is 2.52. The molecule has 1 aliphatic heterocycles. The van der Waals surface area contributed by atoms with Crippen molar-refractivity contribution in [2.75, 3.05) is 0 Å². The van der Waals surface area contributed by atoms with E-state index >= 15 is 0 Å². The Morgan fingerprint density at radius 3 is 2.60 bits per heavy atom. The van der Waals surface area contributed by atoms with Crippen molar-refractivity contribution in [3.05, 3.63) is 35.4 Å². The Hall–Kier alpha value is -1.98. The molecule has 4 nitrogen and oxygen atoms in total. The summed E-state index contributed by atoms with van der Waals surface area (Å²) in [6.07, 6.45) is 0. The van der Waals surface area contributed by atoms with Crippen LogP contribution in [0.1, 0.15) is 11.5 Å². The van der Waals surface area contributed by atoms with Crippen molar-refractivity contribution in [2.45, 2.75) is 5.92 Å². The van der Waals surface area contributed by atoms with Crippen molar-refractivity contribution < 1.29 is 13.6 Å². The van der Waals surface area contributed by atoms with E-state index in [1.165, 1.54) is 6.07 Å². The zero-order valence-corrected chi connectivity index (χ0v) is 7.50. The highest BCUT2D eigenvalue weighted by molar-refractivity contribution is 6.11. The van der Waals surface area contributed by atoms with Crippen LogP contribution in [0.5, 0.6) is 0 Å². The standard InChI is InChI=1S/C9H7F2N3O/c10-5-2-1-4(3-6(5)11)7-8(12)13-14-9(7)15/h1-3,7H,(H2,12,13)(H,14,15). The molecule has 0 aromatic heterocycles. The number of carbonyl (C=O) groups excluding carboxylic acids is 1. The van der Waals surface area contributed by atoms with Crippen molar-refractivity contribution in [1.82, 2.24) is 5.43 Å². The fourth-order valence-corrected chi connectivity index (χ4v) is 1.40. The van der Waals surface area contributed by atoms with Crippen molar-refractivity contribution in [2.24, 2.45) is 10.8 Å². The van der Waals surface area contributed by atoms with E-state index < -0.39 is 23.5 Å². The summed E-state index contributed by atoms with van der Waals surface area (Å²) >= 11 is 0. The van der Waals surface area contributed by atoms with Gasteiger partial charge in [-0.2, -0.15) is 5.10 Å². The number of benzene rings is 1. The van der Waals surface area contributed by atoms with Crippen LogP contribution in [-0.2, 0) is 4.79 Å². The molecule has 0 spiro atoms. The number of amidine groups is 1. The molecule has 6 heteroatoms. The van der Waals surface area contributed by atoms with Crippen LogP contribution >= 0.6 is 0 Å². The van der Waals surface area contributed by atoms with E-state index in [1.807, 2.05) is 0 Å². The van der Waals surface area contributed by atoms with Gasteiger partial charge in [0.1, 0.15) is 11.8 Å². The maximum atomic E-state index is 12.9. The van der Waals surface area contributed by atoms with E-state index in [-0.39, 0.29) is 11.4 Å². The number of rotatable bonds is 1. The van der Waals surface area contributed by atoms with Crippen LogP contribution in [0.25, 0.3) is 0 Å². The van der Waals surface area contributed by atoms with Gasteiger partial charge in [0.15, 0.2) is 11.6 Å². The summed E-state index contributed by atoms with van der Waals surface area (Å²) in [6, 6.07) is 3.19. The second-order valence-electron chi connectivity index (χ2n) is 3.12. The predicted molar refractivity (Wildman–Crippen MR) is 48.9 cm³/mol. The van der Waals surface area contributed by atoms with Gasteiger partial charge in [0.25, 0.3) is 5.91 Å². The molecule has 0 radical (unpaired) electrons. The molecule has 1 atom stereocenters. The Labute approximate surface area is 83.8 Å². The molecule has 2 rings (SSSR count). The van der Waals surface area contributed by atoms with Gasteiger partial charge in [-0.25, -0.2) is 14.2 Å². The van der Waals surface area contributed by atoms with Gasteiger partial charge in [-0.15, -0.1) is 0 Å². The first-order valence-corrected chi connectivity index (χ1v) is 4.17. The lowest BCUT2D eigenvalue weighted by molar-refractivity contribution is -0.120. The van der Waals surface area contributed by atoms with E-state index in [4.69, 9.17) is 5.73 Å². The first-order chi connectivity index (χ1) is 7.09. The highest BCUT2D eigenvalue weighted by atomic mass is 19.2. The number of hydrazone groups is 1. The minimum atomic E-state index is -1.01. The fraction of sp³-hybridized carbons (Fsp3) is 0.111. The number of nitrogens with one attached hydrogen (secondary N) is 1. The van der Waals surface area contributed by atoms with Crippen molar-refractivity contribution >= 4 is 11.7 Å². The summed E-state index contributed by atoms with van der Waals surface area (Å²) in [5.41, 5.74) is 7.88. The van der Waals surface area contributed by atoms with Crippen molar-refractivity contribution in [1.29, 1.82) is 0 Å². The van der Waals surface area contributed by atoms with Crippen LogP contribution < -0.4 is 11.2 Å². The zero-order chi connectivity index (χ0) is 11.0. The summed E-state index contributed by atoms with van der Waals surface area (Å²) in [5, 5.41) is 3.51. The topological polar surface area (TPSA) is 67.5 Å². The summed E-state index contributed by atoms with van der Waals surface area (Å²) < 4.78 is 25.5. The highest BCUT2D eigenvalue weighted by Gasteiger charge is 2.30. The fourth-order valence-electron chi connectivity index (χ4n) is 1.40. The second-order valence-corrected chi connectivity index (χ2v) is 3.12. The quantitative estimate of drug-likeness (QED) is 0.708. The molecule has 15 heavy (non-hydrogen) atoms. The van der Waals surface area contributed by atoms with E-state index in [2.05, 4.69) is 10.5 Å². The Balaban J connectivity index is 2.41. The van der Waals surface area contributed by atoms with Gasteiger partial charge >= 0.3 is 0 Å². The molecule has 1 aromatic carbocycles. The minimum Gasteiger partial charge on any atom is -0.385 e. The molecule has 0 bridgehead atoms. The normalized spacial score (nSPS) is 20.0. The third kappa shape index (κ3) is 1.54. The van der Waals surface area contributed by atoms with Crippen LogP contribution in [0.3, 0.4) is 0 Å². The summed E-state index contributed by atoms with van der Waals surface area (Å²) in [7, 11) is 0. The molecule has 1 amide bonds. The molecule has 1 aromatic rings. The molecule has 1 unspecified atom stereocenters. The summed E-state index contributed by atoms with van der Waals surface area (Å²) in [4.78, 5) is 11.3. The molecule has 0 aliphatic carbocycles. The van der Waals surface area contributed by atoms with Crippen molar-refractivity contribution in [3.8, 4) is 0 Å². The van der Waals surface area contributed by atoms with Gasteiger partial charge in [-0.05, 0) is 17.7 Å². The molecule has 0 saturated heterocycles. The Bertz CT molecular complexity index is 459. The number of halogens is 2. The molecule has 1 aliphatic rings. The number of nitrogens with two attached hydrogens (primary N) is 1. The first-order valence-electron chi connectivity index (χ1n) is 4.17. The Morgan fingerprint density at radius 2 is 2.07 bits per heavy atom. The lowest BCUT2D eigenvalue weighted by Gasteiger charge is -2.07. The molecule has 0 fully saturated rings. The van der Waals surface area contributed by atoms with Gasteiger partial charge in [0, 0.05) is 0 Å². The maximum absolute atomic E-state index is 12.9. The molecule has 78 valence electrons. The van der Waals surface area contributed by atoms with Gasteiger partial charge < -0.3 is 5.73 Å². The third-order valence-corrected chi connectivity index (χ3v) is 2.13. The maximum Gasteiger partial charge on any atom is 0.255 e. The molecular weight excluding hydrogens is 204 g/mol. The van der Waals surface area contributed by atoms with E-state index in [9.17, 15) is 13.6 Å². The molecule has 3 N–H and O–H groups in total. The molecule has 0 saturated carbocycles. The van der Waals surface area contributed by atoms with Gasteiger partial charge in [-0.1, -0.05) is 6.07 Å². The monoisotopic (exact) mass is 211 g/mol. The lowest BCUT2D eigenvalue weighted by atomic mass is 9.98. The number of hydrogen-bond donors (Lipinski definition) is 2. The molecular formula is C9H7F2N3O. The Kier molecular flexibility index (Phi) is 2.11. The lowest BCUT2D eigenvalue weighted by Crippen LogP contribution is -2.25. The van der Waals surface area contributed by atoms with Gasteiger partial charge in [0.05, 0.1) is 0 Å². The Morgan fingerprint density at radius 1 is 1.33 bits per heavy atom. The van der Waals surface area contributed by atoms with Crippen LogP contribution in [0.4, 0.5) is 8.78 Å². The summed E-state index contributed by atoms with van der Waals surface area (Å²) in [6.45, 7) is 0. The van der Waals surface area contributed by atoms with Crippen LogP contribution in [0.2, 0.25) is 0 Å². The first kappa shape index (κ1) is 9.57. The SMILES string of the molecule is NC1=NNC(=O)C1c1ccc(F)c(F)c1. The van der Waals surface area contributed by atoms with Crippen LogP contribution in [0, 0.1) is 11.6 Å². The van der Waals surface area contributed by atoms with Gasteiger partial charge in [0.2, 0.25) is 0 Å². The predicted octanol–water partition coefficient (Wildman–Crippen LogP) is 0.450. The average molecular weight is 211 g/mol. The van der Waals surface area contributed by atoms with E-state index in [0.29, 0.717) is 0 Å². The second kappa shape index (κ2) is 3.30.